The number of methoxy groups -OCH3 is 3. The van der Waals surface area contributed by atoms with Gasteiger partial charge in [-0.05, 0) is 36.4 Å². The van der Waals surface area contributed by atoms with Crippen LogP contribution in [0.2, 0.25) is 0 Å². The van der Waals surface area contributed by atoms with E-state index >= 15 is 0 Å². The molecule has 0 aliphatic carbocycles. The van der Waals surface area contributed by atoms with Gasteiger partial charge in [-0.15, -0.1) is 0 Å². The van der Waals surface area contributed by atoms with Gasteiger partial charge in [0.25, 0.3) is 0 Å². The molecule has 2 heterocycles. The molecule has 0 amide bonds. The van der Waals surface area contributed by atoms with Gasteiger partial charge in [0.2, 0.25) is 5.89 Å². The van der Waals surface area contributed by atoms with Crippen LogP contribution in [0.5, 0.6) is 5.75 Å². The molecule has 1 aliphatic heterocycles. The Morgan fingerprint density at radius 1 is 1.03 bits per heavy atom. The standard InChI is InChI=1S/C22H20N2O7/c1-27-15-6-4-5-13(9-15)20-23-17-10-14(7-8-18(17)31-20)24-12-30-11-16(21(25)28-2)19(24)22(26)29-3/h4-10H,11-12H2,1-3H3. The molecule has 4 rings (SSSR count). The number of nitrogens with zero attached hydrogens (tertiary/aromatic N) is 2. The molecule has 0 unspecified atom stereocenters. The fraction of sp³-hybridized carbons (Fsp3) is 0.227. The number of carbonyl (C=O) groups excluding carboxylic acids is 2. The van der Waals surface area contributed by atoms with Crippen molar-refractivity contribution >= 4 is 28.7 Å². The number of benzene rings is 2. The van der Waals surface area contributed by atoms with Crippen LogP contribution in [0.4, 0.5) is 5.69 Å². The highest BCUT2D eigenvalue weighted by Gasteiger charge is 2.32. The number of anilines is 1. The summed E-state index contributed by atoms with van der Waals surface area (Å²) in [6.07, 6.45) is 0. The number of oxazole rings is 1. The minimum Gasteiger partial charge on any atom is -0.497 e. The third-order valence-electron chi connectivity index (χ3n) is 4.83. The highest BCUT2D eigenvalue weighted by molar-refractivity contribution is 6.03. The van der Waals surface area contributed by atoms with E-state index < -0.39 is 11.9 Å². The minimum atomic E-state index is -0.666. The van der Waals surface area contributed by atoms with Gasteiger partial charge in [0.05, 0.1) is 33.5 Å². The number of hydrogen-bond donors (Lipinski definition) is 0. The van der Waals surface area contributed by atoms with Gasteiger partial charge in [0.1, 0.15) is 23.7 Å². The first-order valence-electron chi connectivity index (χ1n) is 9.35. The summed E-state index contributed by atoms with van der Waals surface area (Å²) in [5.74, 6) is -0.206. The number of esters is 2. The summed E-state index contributed by atoms with van der Waals surface area (Å²) in [4.78, 5) is 30.7. The lowest BCUT2D eigenvalue weighted by Gasteiger charge is -2.31. The SMILES string of the molecule is COC(=O)C1=C(C(=O)OC)N(c2ccc3oc(-c4cccc(OC)c4)nc3c2)COC1. The maximum absolute atomic E-state index is 12.5. The minimum absolute atomic E-state index is 0.0526. The molecule has 0 spiro atoms. The van der Waals surface area contributed by atoms with Crippen LogP contribution in [-0.2, 0) is 23.8 Å². The molecule has 0 radical (unpaired) electrons. The molecule has 31 heavy (non-hydrogen) atoms. The second-order valence-corrected chi connectivity index (χ2v) is 6.62. The topological polar surface area (TPSA) is 100 Å². The summed E-state index contributed by atoms with van der Waals surface area (Å²) in [6, 6.07) is 12.6. The van der Waals surface area contributed by atoms with E-state index in [4.69, 9.17) is 23.4 Å². The van der Waals surface area contributed by atoms with Crippen molar-refractivity contribution in [1.29, 1.82) is 0 Å². The number of carbonyl (C=O) groups is 2. The van der Waals surface area contributed by atoms with E-state index in [9.17, 15) is 9.59 Å². The van der Waals surface area contributed by atoms with Crippen LogP contribution in [-0.4, -0.2) is 51.6 Å². The lowest BCUT2D eigenvalue weighted by atomic mass is 10.1. The van der Waals surface area contributed by atoms with Gasteiger partial charge in [-0.25, -0.2) is 14.6 Å². The van der Waals surface area contributed by atoms with E-state index in [1.807, 2.05) is 24.3 Å². The Morgan fingerprint density at radius 3 is 2.58 bits per heavy atom. The lowest BCUT2D eigenvalue weighted by molar-refractivity contribution is -0.140. The van der Waals surface area contributed by atoms with E-state index in [0.717, 1.165) is 5.56 Å². The molecule has 9 nitrogen and oxygen atoms in total. The second kappa shape index (κ2) is 8.49. The van der Waals surface area contributed by atoms with Crippen LogP contribution in [0.25, 0.3) is 22.6 Å². The summed E-state index contributed by atoms with van der Waals surface area (Å²) in [6.45, 7) is -0.00315. The normalized spacial score (nSPS) is 14.0. The van der Waals surface area contributed by atoms with Gasteiger partial charge in [-0.1, -0.05) is 6.07 Å². The number of ether oxygens (including phenoxy) is 4. The van der Waals surface area contributed by atoms with E-state index in [-0.39, 0.29) is 24.6 Å². The zero-order valence-electron chi connectivity index (χ0n) is 17.2. The monoisotopic (exact) mass is 424 g/mol. The van der Waals surface area contributed by atoms with Crippen molar-refractivity contribution in [2.45, 2.75) is 0 Å². The van der Waals surface area contributed by atoms with Crippen LogP contribution in [0.1, 0.15) is 0 Å². The van der Waals surface area contributed by atoms with Crippen LogP contribution < -0.4 is 9.64 Å². The molecule has 1 aromatic heterocycles. The summed E-state index contributed by atoms with van der Waals surface area (Å²) in [7, 11) is 4.08. The van der Waals surface area contributed by atoms with Crippen molar-refractivity contribution in [3.8, 4) is 17.2 Å². The molecule has 3 aromatic rings. The van der Waals surface area contributed by atoms with Gasteiger partial charge in [-0.3, -0.25) is 0 Å². The van der Waals surface area contributed by atoms with Crippen molar-refractivity contribution in [1.82, 2.24) is 4.98 Å². The molecule has 0 saturated carbocycles. The summed E-state index contributed by atoms with van der Waals surface area (Å²) in [5.41, 5.74) is 2.64. The maximum atomic E-state index is 12.5. The van der Waals surface area contributed by atoms with Gasteiger partial charge >= 0.3 is 11.9 Å². The Hall–Kier alpha value is -3.85. The van der Waals surface area contributed by atoms with Crippen molar-refractivity contribution < 1.29 is 33.0 Å². The lowest BCUT2D eigenvalue weighted by Crippen LogP contribution is -2.38. The van der Waals surface area contributed by atoms with Crippen molar-refractivity contribution in [2.24, 2.45) is 0 Å². The molecule has 0 saturated heterocycles. The maximum Gasteiger partial charge on any atom is 0.355 e. The Balaban J connectivity index is 1.76. The number of aromatic nitrogens is 1. The second-order valence-electron chi connectivity index (χ2n) is 6.62. The van der Waals surface area contributed by atoms with Gasteiger partial charge in [-0.2, -0.15) is 0 Å². The number of fused-ring (bicyclic) bond motifs is 1. The largest absolute Gasteiger partial charge is 0.497 e. The third-order valence-corrected chi connectivity index (χ3v) is 4.83. The summed E-state index contributed by atoms with van der Waals surface area (Å²) >= 11 is 0. The van der Waals surface area contributed by atoms with Crippen LogP contribution in [0, 0.1) is 0 Å². The van der Waals surface area contributed by atoms with Crippen molar-refractivity contribution in [3.05, 3.63) is 53.7 Å². The Bertz CT molecular complexity index is 1180. The zero-order chi connectivity index (χ0) is 22.0. The molecule has 0 fully saturated rings. The summed E-state index contributed by atoms with van der Waals surface area (Å²) in [5, 5.41) is 0. The van der Waals surface area contributed by atoms with E-state index in [2.05, 4.69) is 4.98 Å². The molecule has 0 atom stereocenters. The zero-order valence-corrected chi connectivity index (χ0v) is 17.2. The number of rotatable bonds is 5. The van der Waals surface area contributed by atoms with Crippen LogP contribution in [0.3, 0.4) is 0 Å². The predicted molar refractivity (Wildman–Crippen MR) is 110 cm³/mol. The van der Waals surface area contributed by atoms with E-state index in [1.165, 1.54) is 14.2 Å². The molecule has 1 aliphatic rings. The fourth-order valence-corrected chi connectivity index (χ4v) is 3.31. The molecular weight excluding hydrogens is 404 g/mol. The highest BCUT2D eigenvalue weighted by Crippen LogP contribution is 2.32. The average Bonchev–Trinajstić information content (AvgIpc) is 3.26. The highest BCUT2D eigenvalue weighted by atomic mass is 16.5. The first-order valence-corrected chi connectivity index (χ1v) is 9.35. The molecule has 2 aromatic carbocycles. The Morgan fingerprint density at radius 2 is 1.84 bits per heavy atom. The quantitative estimate of drug-likeness (QED) is 0.572. The fourth-order valence-electron chi connectivity index (χ4n) is 3.31. The van der Waals surface area contributed by atoms with Crippen LogP contribution in [0.15, 0.2) is 58.2 Å². The molecule has 160 valence electrons. The van der Waals surface area contributed by atoms with Crippen molar-refractivity contribution in [3.63, 3.8) is 0 Å². The van der Waals surface area contributed by atoms with Crippen molar-refractivity contribution in [2.75, 3.05) is 39.6 Å². The first kappa shape index (κ1) is 20.4. The average molecular weight is 424 g/mol. The van der Waals surface area contributed by atoms with Gasteiger partial charge in [0, 0.05) is 11.3 Å². The molecule has 0 bridgehead atoms. The van der Waals surface area contributed by atoms with Gasteiger partial charge in [0.15, 0.2) is 5.58 Å². The molecular formula is C22H20N2O7. The third kappa shape index (κ3) is 3.82. The predicted octanol–water partition coefficient (Wildman–Crippen LogP) is 2.90. The van der Waals surface area contributed by atoms with E-state index in [1.54, 1.807) is 30.2 Å². The molecule has 0 N–H and O–H groups in total. The smallest absolute Gasteiger partial charge is 0.355 e. The molecule has 9 heteroatoms. The van der Waals surface area contributed by atoms with Crippen LogP contribution >= 0.6 is 0 Å². The van der Waals surface area contributed by atoms with E-state index in [0.29, 0.717) is 28.4 Å². The first-order chi connectivity index (χ1) is 15.0. The number of hydrogen-bond acceptors (Lipinski definition) is 9. The summed E-state index contributed by atoms with van der Waals surface area (Å²) < 4.78 is 26.3. The Labute approximate surface area is 177 Å². The Kier molecular flexibility index (Phi) is 5.59. The van der Waals surface area contributed by atoms with Gasteiger partial charge < -0.3 is 28.3 Å².